The lowest BCUT2D eigenvalue weighted by Gasteiger charge is -2.24. The second-order valence-corrected chi connectivity index (χ2v) is 9.01. The highest BCUT2D eigenvalue weighted by molar-refractivity contribution is 6.31. The Bertz CT molecular complexity index is 1490. The van der Waals surface area contributed by atoms with Gasteiger partial charge in [-0.1, -0.05) is 24.6 Å². The first-order valence-electron chi connectivity index (χ1n) is 11.8. The third kappa shape index (κ3) is 6.59. The SMILES string of the molecule is CCC(C(=O)NC(CC(=O)N(C)OC)C(=O)COc1c(F)c(F)cc(F)c1F)n1ccc2ccc(Cl)cc2c1=O. The van der Waals surface area contributed by atoms with Crippen LogP contribution in [-0.4, -0.2) is 54.0 Å². The fourth-order valence-electron chi connectivity index (χ4n) is 3.82. The van der Waals surface area contributed by atoms with Crippen molar-refractivity contribution in [3.63, 3.8) is 0 Å². The van der Waals surface area contributed by atoms with Crippen molar-refractivity contribution in [1.29, 1.82) is 0 Å². The first-order chi connectivity index (χ1) is 18.9. The Balaban J connectivity index is 1.89. The van der Waals surface area contributed by atoms with Crippen LogP contribution in [0.1, 0.15) is 25.8 Å². The van der Waals surface area contributed by atoms with Gasteiger partial charge in [0.1, 0.15) is 18.7 Å². The van der Waals surface area contributed by atoms with Crippen LogP contribution >= 0.6 is 11.6 Å². The summed E-state index contributed by atoms with van der Waals surface area (Å²) in [5.41, 5.74) is -0.539. The lowest BCUT2D eigenvalue weighted by atomic mass is 10.1. The Kier molecular flexibility index (Phi) is 9.88. The van der Waals surface area contributed by atoms with Gasteiger partial charge in [0.2, 0.25) is 23.4 Å². The molecular weight excluding hydrogens is 562 g/mol. The van der Waals surface area contributed by atoms with E-state index >= 15 is 0 Å². The van der Waals surface area contributed by atoms with Crippen LogP contribution in [0.2, 0.25) is 5.02 Å². The number of rotatable bonds is 11. The molecule has 0 fully saturated rings. The quantitative estimate of drug-likeness (QED) is 0.209. The van der Waals surface area contributed by atoms with Crippen molar-refractivity contribution in [3.8, 4) is 5.75 Å². The van der Waals surface area contributed by atoms with E-state index in [4.69, 9.17) is 21.2 Å². The molecule has 14 heteroatoms. The smallest absolute Gasteiger partial charge is 0.259 e. The highest BCUT2D eigenvalue weighted by atomic mass is 35.5. The Labute approximate surface area is 230 Å². The van der Waals surface area contributed by atoms with Crippen LogP contribution in [0.5, 0.6) is 5.75 Å². The molecule has 0 aliphatic carbocycles. The predicted molar refractivity (Wildman–Crippen MR) is 136 cm³/mol. The van der Waals surface area contributed by atoms with Crippen LogP contribution in [0.3, 0.4) is 0 Å². The number of Topliss-reactive ketones (excluding diaryl/α,β-unsaturated/α-hetero) is 1. The van der Waals surface area contributed by atoms with Gasteiger partial charge in [-0.25, -0.2) is 13.8 Å². The molecule has 1 heterocycles. The highest BCUT2D eigenvalue weighted by Gasteiger charge is 2.30. The molecule has 1 aromatic heterocycles. The Morgan fingerprint density at radius 3 is 2.33 bits per heavy atom. The lowest BCUT2D eigenvalue weighted by Crippen LogP contribution is -2.49. The van der Waals surface area contributed by atoms with Gasteiger partial charge in [-0.15, -0.1) is 0 Å². The van der Waals surface area contributed by atoms with Crippen molar-refractivity contribution in [1.82, 2.24) is 14.9 Å². The number of nitrogens with zero attached hydrogens (tertiary/aromatic N) is 2. The van der Waals surface area contributed by atoms with Crippen LogP contribution in [0.15, 0.2) is 41.3 Å². The van der Waals surface area contributed by atoms with E-state index < -0.39 is 77.3 Å². The van der Waals surface area contributed by atoms with Crippen molar-refractivity contribution in [2.75, 3.05) is 20.8 Å². The zero-order valence-electron chi connectivity index (χ0n) is 21.5. The molecule has 0 spiro atoms. The molecule has 2 aromatic carbocycles. The summed E-state index contributed by atoms with van der Waals surface area (Å²) in [7, 11) is 2.41. The number of amides is 2. The van der Waals surface area contributed by atoms with Crippen molar-refractivity contribution < 1.29 is 41.5 Å². The molecule has 0 saturated heterocycles. The maximum absolute atomic E-state index is 14.0. The minimum Gasteiger partial charge on any atom is -0.479 e. The summed E-state index contributed by atoms with van der Waals surface area (Å²) in [6, 6.07) is 3.45. The normalized spacial score (nSPS) is 12.6. The van der Waals surface area contributed by atoms with Crippen LogP contribution in [0, 0.1) is 23.3 Å². The maximum atomic E-state index is 14.0. The standard InChI is InChI=1S/C26H24ClF4N3O6/c1-4-19(34-8-7-13-5-6-14(27)9-15(13)26(34)38)25(37)32-18(11-21(36)33(2)39-3)20(35)12-40-24-22(30)16(28)10-17(29)23(24)31/h5-10,18-19H,4,11-12H2,1-3H3,(H,32,37). The number of hydroxylamine groups is 2. The van der Waals surface area contributed by atoms with Gasteiger partial charge in [-0.05, 0) is 30.0 Å². The summed E-state index contributed by atoms with van der Waals surface area (Å²) >= 11 is 6.01. The number of hydrogen-bond donors (Lipinski definition) is 1. The molecular formula is C26H24ClF4N3O6. The van der Waals surface area contributed by atoms with E-state index in [-0.39, 0.29) is 17.9 Å². The number of pyridine rings is 1. The molecule has 2 atom stereocenters. The largest absolute Gasteiger partial charge is 0.479 e. The van der Waals surface area contributed by atoms with Crippen molar-refractivity contribution >= 4 is 40.0 Å². The second-order valence-electron chi connectivity index (χ2n) is 8.58. The van der Waals surface area contributed by atoms with Crippen LogP contribution in [-0.2, 0) is 19.2 Å². The minimum absolute atomic E-state index is 0.0325. The highest BCUT2D eigenvalue weighted by Crippen LogP contribution is 2.26. The van der Waals surface area contributed by atoms with Gasteiger partial charge in [0.15, 0.2) is 23.2 Å². The third-order valence-electron chi connectivity index (χ3n) is 6.06. The molecule has 3 rings (SSSR count). The van der Waals surface area contributed by atoms with Crippen molar-refractivity contribution in [2.45, 2.75) is 31.8 Å². The maximum Gasteiger partial charge on any atom is 0.259 e. The number of carbonyl (C=O) groups excluding carboxylic acids is 3. The van der Waals surface area contributed by atoms with E-state index in [2.05, 4.69) is 5.32 Å². The first kappa shape index (κ1) is 30.6. The monoisotopic (exact) mass is 585 g/mol. The zero-order valence-corrected chi connectivity index (χ0v) is 22.2. The van der Waals surface area contributed by atoms with Gasteiger partial charge in [0.25, 0.3) is 5.56 Å². The zero-order chi connectivity index (χ0) is 29.7. The first-order valence-corrected chi connectivity index (χ1v) is 12.2. The fraction of sp³-hybridized carbons (Fsp3) is 0.308. The van der Waals surface area contributed by atoms with Gasteiger partial charge in [0, 0.05) is 29.7 Å². The average Bonchev–Trinajstić information content (AvgIpc) is 2.92. The Hall–Kier alpha value is -3.97. The van der Waals surface area contributed by atoms with Gasteiger partial charge in [-0.2, -0.15) is 8.78 Å². The number of halogens is 5. The molecule has 0 aliphatic heterocycles. The van der Waals surface area contributed by atoms with E-state index in [0.29, 0.717) is 10.4 Å². The third-order valence-corrected chi connectivity index (χ3v) is 6.29. The molecule has 40 heavy (non-hydrogen) atoms. The van der Waals surface area contributed by atoms with Crippen molar-refractivity contribution in [2.24, 2.45) is 0 Å². The summed E-state index contributed by atoms with van der Waals surface area (Å²) in [6.45, 7) is 0.434. The van der Waals surface area contributed by atoms with Crippen molar-refractivity contribution in [3.05, 3.63) is 75.2 Å². The number of nitrogens with one attached hydrogen (secondary N) is 1. The Morgan fingerprint density at radius 1 is 1.07 bits per heavy atom. The summed E-state index contributed by atoms with van der Waals surface area (Å²) in [4.78, 5) is 56.6. The number of fused-ring (bicyclic) bond motifs is 1. The molecule has 2 unspecified atom stereocenters. The fourth-order valence-corrected chi connectivity index (χ4v) is 3.99. The summed E-state index contributed by atoms with van der Waals surface area (Å²) in [5.74, 6) is -11.4. The topological polar surface area (TPSA) is 107 Å². The molecule has 214 valence electrons. The number of hydrogen-bond acceptors (Lipinski definition) is 6. The molecule has 1 N–H and O–H groups in total. The van der Waals surface area contributed by atoms with Gasteiger partial charge in [-0.3, -0.25) is 24.0 Å². The van der Waals surface area contributed by atoms with E-state index in [1.54, 1.807) is 25.1 Å². The molecule has 0 bridgehead atoms. The molecule has 3 aromatic rings. The van der Waals surface area contributed by atoms with E-state index in [1.165, 1.54) is 26.4 Å². The molecule has 2 amide bonds. The summed E-state index contributed by atoms with van der Waals surface area (Å²) < 4.78 is 60.8. The van der Waals surface area contributed by atoms with Crippen LogP contribution < -0.4 is 15.6 Å². The summed E-state index contributed by atoms with van der Waals surface area (Å²) in [5, 5.41) is 4.25. The number of aromatic nitrogens is 1. The van der Waals surface area contributed by atoms with E-state index in [1.807, 2.05) is 0 Å². The van der Waals surface area contributed by atoms with Crippen LogP contribution in [0.25, 0.3) is 10.8 Å². The molecule has 0 aliphatic rings. The Morgan fingerprint density at radius 2 is 1.73 bits per heavy atom. The van der Waals surface area contributed by atoms with E-state index in [9.17, 15) is 36.7 Å². The van der Waals surface area contributed by atoms with Crippen LogP contribution in [0.4, 0.5) is 17.6 Å². The van der Waals surface area contributed by atoms with Gasteiger partial charge in [0.05, 0.1) is 13.5 Å². The lowest BCUT2D eigenvalue weighted by molar-refractivity contribution is -0.169. The molecule has 0 radical (unpaired) electrons. The number of ether oxygens (including phenoxy) is 1. The molecule has 9 nitrogen and oxygen atoms in total. The number of carbonyl (C=O) groups is 3. The van der Waals surface area contributed by atoms with Gasteiger partial charge >= 0.3 is 0 Å². The average molecular weight is 586 g/mol. The van der Waals surface area contributed by atoms with E-state index in [0.717, 1.165) is 9.63 Å². The molecule has 0 saturated carbocycles. The predicted octanol–water partition coefficient (Wildman–Crippen LogP) is 3.71. The second kappa shape index (κ2) is 12.9. The number of ketones is 1. The summed E-state index contributed by atoms with van der Waals surface area (Å²) in [6.07, 6.45) is 0.791. The van der Waals surface area contributed by atoms with Gasteiger partial charge < -0.3 is 14.6 Å². The number of benzene rings is 2. The minimum atomic E-state index is -1.87.